The first-order valence-electron chi connectivity index (χ1n) is 8.10. The van der Waals surface area contributed by atoms with Gasteiger partial charge in [0.15, 0.2) is 0 Å². The third kappa shape index (κ3) is 3.76. The fourth-order valence-electron chi connectivity index (χ4n) is 3.79. The number of hydrogen-bond donors (Lipinski definition) is 1. The van der Waals surface area contributed by atoms with Crippen LogP contribution in [0.5, 0.6) is 0 Å². The smallest absolute Gasteiger partial charge is 0.311 e. The molecule has 0 aromatic heterocycles. The molecule has 1 atom stereocenters. The van der Waals surface area contributed by atoms with Crippen LogP contribution < -0.4 is 0 Å². The first-order chi connectivity index (χ1) is 10.1. The van der Waals surface area contributed by atoms with Crippen molar-refractivity contribution in [3.63, 3.8) is 0 Å². The second-order valence-corrected chi connectivity index (χ2v) is 6.53. The molecule has 2 rings (SSSR count). The maximum atomic E-state index is 12.5. The number of amides is 1. The predicted molar refractivity (Wildman–Crippen MR) is 79.0 cm³/mol. The normalized spacial score (nSPS) is 27.0. The summed E-state index contributed by atoms with van der Waals surface area (Å²) in [6.45, 7) is 1.67. The third-order valence-corrected chi connectivity index (χ3v) is 5.05. The summed E-state index contributed by atoms with van der Waals surface area (Å²) in [5, 5.41) is 9.67. The molecular formula is C16H27NO4. The Bertz CT molecular complexity index is 378. The Morgan fingerprint density at radius 2 is 2.00 bits per heavy atom. The SMILES string of the molecule is COCCCC1(C(=O)O)CCCN(C(=O)C2CCCC2)C1. The van der Waals surface area contributed by atoms with Gasteiger partial charge in [0.25, 0.3) is 0 Å². The number of nitrogens with zero attached hydrogens (tertiary/aromatic N) is 1. The molecule has 1 N–H and O–H groups in total. The lowest BCUT2D eigenvalue weighted by atomic mass is 9.76. The van der Waals surface area contributed by atoms with E-state index in [2.05, 4.69) is 0 Å². The summed E-state index contributed by atoms with van der Waals surface area (Å²) in [7, 11) is 1.63. The molecule has 0 spiro atoms. The van der Waals surface area contributed by atoms with E-state index < -0.39 is 11.4 Å². The Morgan fingerprint density at radius 1 is 1.29 bits per heavy atom. The lowest BCUT2D eigenvalue weighted by Crippen LogP contribution is -2.51. The second kappa shape index (κ2) is 7.25. The number of hydrogen-bond acceptors (Lipinski definition) is 3. The summed E-state index contributed by atoms with van der Waals surface area (Å²) in [5.41, 5.74) is -0.773. The molecule has 0 radical (unpaired) electrons. The molecule has 1 heterocycles. The van der Waals surface area contributed by atoms with Crippen LogP contribution in [0.1, 0.15) is 51.4 Å². The first kappa shape index (κ1) is 16.3. The van der Waals surface area contributed by atoms with Crippen LogP contribution in [0.4, 0.5) is 0 Å². The molecule has 0 aromatic rings. The van der Waals surface area contributed by atoms with Gasteiger partial charge in [-0.15, -0.1) is 0 Å². The summed E-state index contributed by atoms with van der Waals surface area (Å²) in [5.74, 6) is -0.444. The second-order valence-electron chi connectivity index (χ2n) is 6.53. The van der Waals surface area contributed by atoms with Crippen molar-refractivity contribution in [3.05, 3.63) is 0 Å². The molecule has 2 fully saturated rings. The van der Waals surface area contributed by atoms with E-state index >= 15 is 0 Å². The Balaban J connectivity index is 2.01. The van der Waals surface area contributed by atoms with Gasteiger partial charge >= 0.3 is 5.97 Å². The van der Waals surface area contributed by atoms with E-state index in [0.717, 1.165) is 38.5 Å². The number of carboxylic acid groups (broad SMARTS) is 1. The van der Waals surface area contributed by atoms with Crippen molar-refractivity contribution in [2.45, 2.75) is 51.4 Å². The van der Waals surface area contributed by atoms with Gasteiger partial charge in [0.05, 0.1) is 5.41 Å². The molecule has 1 amide bonds. The highest BCUT2D eigenvalue weighted by molar-refractivity contribution is 5.81. The number of carbonyl (C=O) groups excluding carboxylic acids is 1. The van der Waals surface area contributed by atoms with Crippen LogP contribution in [0, 0.1) is 11.3 Å². The van der Waals surface area contributed by atoms with Crippen molar-refractivity contribution in [3.8, 4) is 0 Å². The molecule has 1 saturated heterocycles. The van der Waals surface area contributed by atoms with Gasteiger partial charge in [-0.25, -0.2) is 0 Å². The number of piperidine rings is 1. The quantitative estimate of drug-likeness (QED) is 0.764. The summed E-state index contributed by atoms with van der Waals surface area (Å²) in [6, 6.07) is 0. The summed E-state index contributed by atoms with van der Waals surface area (Å²) >= 11 is 0. The average molecular weight is 297 g/mol. The zero-order chi connectivity index (χ0) is 15.3. The molecule has 21 heavy (non-hydrogen) atoms. The minimum atomic E-state index is -0.773. The zero-order valence-corrected chi connectivity index (χ0v) is 13.0. The standard InChI is InChI=1S/C16H27NO4/c1-21-11-5-9-16(15(19)20)8-4-10-17(12-16)14(18)13-6-2-3-7-13/h13H,2-12H2,1H3,(H,19,20). The first-order valence-corrected chi connectivity index (χ1v) is 8.10. The van der Waals surface area contributed by atoms with Crippen LogP contribution in [-0.4, -0.2) is 48.7 Å². The maximum Gasteiger partial charge on any atom is 0.311 e. The molecular weight excluding hydrogens is 270 g/mol. The minimum absolute atomic E-state index is 0.133. The highest BCUT2D eigenvalue weighted by Crippen LogP contribution is 2.37. The lowest BCUT2D eigenvalue weighted by molar-refractivity contribution is -0.156. The van der Waals surface area contributed by atoms with Gasteiger partial charge in [0, 0.05) is 32.7 Å². The molecule has 2 aliphatic rings. The van der Waals surface area contributed by atoms with Crippen molar-refractivity contribution in [2.24, 2.45) is 11.3 Å². The molecule has 1 aliphatic heterocycles. The van der Waals surface area contributed by atoms with E-state index in [0.29, 0.717) is 32.5 Å². The molecule has 120 valence electrons. The van der Waals surface area contributed by atoms with Crippen LogP contribution >= 0.6 is 0 Å². The van der Waals surface area contributed by atoms with Crippen molar-refractivity contribution in [2.75, 3.05) is 26.8 Å². The van der Waals surface area contributed by atoms with Gasteiger partial charge in [0.2, 0.25) is 5.91 Å². The van der Waals surface area contributed by atoms with E-state index in [9.17, 15) is 14.7 Å². The fourth-order valence-corrected chi connectivity index (χ4v) is 3.79. The van der Waals surface area contributed by atoms with Crippen LogP contribution in [-0.2, 0) is 14.3 Å². The molecule has 1 unspecified atom stereocenters. The van der Waals surface area contributed by atoms with Gasteiger partial charge in [-0.1, -0.05) is 12.8 Å². The van der Waals surface area contributed by atoms with E-state index in [1.165, 1.54) is 0 Å². The van der Waals surface area contributed by atoms with Gasteiger partial charge in [-0.3, -0.25) is 9.59 Å². The van der Waals surface area contributed by atoms with Crippen LogP contribution in [0.25, 0.3) is 0 Å². The van der Waals surface area contributed by atoms with Crippen LogP contribution in [0.3, 0.4) is 0 Å². The molecule has 5 nitrogen and oxygen atoms in total. The summed E-state index contributed by atoms with van der Waals surface area (Å²) in [6.07, 6.45) is 6.97. The number of methoxy groups -OCH3 is 1. The highest BCUT2D eigenvalue weighted by Gasteiger charge is 2.44. The number of ether oxygens (including phenoxy) is 1. The summed E-state index contributed by atoms with van der Waals surface area (Å²) in [4.78, 5) is 26.2. The molecule has 1 saturated carbocycles. The van der Waals surface area contributed by atoms with Crippen LogP contribution in [0.15, 0.2) is 0 Å². The average Bonchev–Trinajstić information content (AvgIpc) is 3.01. The van der Waals surface area contributed by atoms with Gasteiger partial charge < -0.3 is 14.7 Å². The van der Waals surface area contributed by atoms with E-state index in [1.54, 1.807) is 7.11 Å². The van der Waals surface area contributed by atoms with E-state index in [1.807, 2.05) is 4.90 Å². The number of aliphatic carboxylic acids is 1. The molecule has 0 aromatic carbocycles. The number of carbonyl (C=O) groups is 2. The van der Waals surface area contributed by atoms with Gasteiger partial charge in [0.1, 0.15) is 0 Å². The Hall–Kier alpha value is -1.10. The van der Waals surface area contributed by atoms with Crippen molar-refractivity contribution in [1.29, 1.82) is 0 Å². The summed E-state index contributed by atoms with van der Waals surface area (Å²) < 4.78 is 5.04. The van der Waals surface area contributed by atoms with Crippen molar-refractivity contribution < 1.29 is 19.4 Å². The van der Waals surface area contributed by atoms with Gasteiger partial charge in [-0.2, -0.15) is 0 Å². The highest BCUT2D eigenvalue weighted by atomic mass is 16.5. The number of rotatable bonds is 6. The molecule has 5 heteroatoms. The fraction of sp³-hybridized carbons (Fsp3) is 0.875. The maximum absolute atomic E-state index is 12.5. The topological polar surface area (TPSA) is 66.8 Å². The Labute approximate surface area is 126 Å². The van der Waals surface area contributed by atoms with E-state index in [4.69, 9.17) is 4.74 Å². The molecule has 0 bridgehead atoms. The monoisotopic (exact) mass is 297 g/mol. The minimum Gasteiger partial charge on any atom is -0.481 e. The largest absolute Gasteiger partial charge is 0.481 e. The van der Waals surface area contributed by atoms with Crippen molar-refractivity contribution in [1.82, 2.24) is 4.90 Å². The Morgan fingerprint density at radius 3 is 2.62 bits per heavy atom. The lowest BCUT2D eigenvalue weighted by Gasteiger charge is -2.41. The molecule has 1 aliphatic carbocycles. The predicted octanol–water partition coefficient (Wildman–Crippen LogP) is 2.30. The number of likely N-dealkylation sites (tertiary alicyclic amines) is 1. The van der Waals surface area contributed by atoms with Crippen LogP contribution in [0.2, 0.25) is 0 Å². The van der Waals surface area contributed by atoms with Gasteiger partial charge in [-0.05, 0) is 38.5 Å². The third-order valence-electron chi connectivity index (χ3n) is 5.05. The zero-order valence-electron chi connectivity index (χ0n) is 13.0. The Kier molecular flexibility index (Phi) is 5.62. The number of carboxylic acids is 1. The van der Waals surface area contributed by atoms with E-state index in [-0.39, 0.29) is 11.8 Å². The van der Waals surface area contributed by atoms with Crippen molar-refractivity contribution >= 4 is 11.9 Å².